The van der Waals surface area contributed by atoms with E-state index in [1.807, 2.05) is 0 Å². The summed E-state index contributed by atoms with van der Waals surface area (Å²) in [6.07, 6.45) is 3.40. The number of aromatic carboxylic acids is 1. The standard InChI is InChI=1S/C13H16N2O5S/c16-6-5-14-10(17)11(18)15-12-9(13(19)20)7-3-1-2-4-8(7)21-12/h16H,1-6H2,(H,14,17)(H,15,18)(H,19,20). The molecule has 0 spiro atoms. The molecule has 21 heavy (non-hydrogen) atoms. The van der Waals surface area contributed by atoms with Gasteiger partial charge in [0.1, 0.15) is 5.00 Å². The number of hydrogen-bond donors (Lipinski definition) is 4. The number of nitrogens with one attached hydrogen (secondary N) is 2. The van der Waals surface area contributed by atoms with Gasteiger partial charge in [0.25, 0.3) is 0 Å². The number of amides is 2. The van der Waals surface area contributed by atoms with Gasteiger partial charge in [-0.3, -0.25) is 9.59 Å². The maximum Gasteiger partial charge on any atom is 0.339 e. The van der Waals surface area contributed by atoms with Crippen LogP contribution in [0.5, 0.6) is 0 Å². The predicted molar refractivity (Wildman–Crippen MR) is 76.6 cm³/mol. The first-order valence-electron chi connectivity index (χ1n) is 6.62. The van der Waals surface area contributed by atoms with E-state index < -0.39 is 17.8 Å². The van der Waals surface area contributed by atoms with Gasteiger partial charge < -0.3 is 20.8 Å². The maximum atomic E-state index is 11.7. The zero-order valence-electron chi connectivity index (χ0n) is 11.3. The van der Waals surface area contributed by atoms with Gasteiger partial charge in [0, 0.05) is 11.4 Å². The summed E-state index contributed by atoms with van der Waals surface area (Å²) in [6.45, 7) is -0.300. The van der Waals surface area contributed by atoms with Crippen molar-refractivity contribution in [2.45, 2.75) is 25.7 Å². The fourth-order valence-corrected chi connectivity index (χ4v) is 3.57. The highest BCUT2D eigenvalue weighted by molar-refractivity contribution is 7.17. The van der Waals surface area contributed by atoms with E-state index >= 15 is 0 Å². The topological polar surface area (TPSA) is 116 Å². The van der Waals surface area contributed by atoms with Crippen LogP contribution in [0.3, 0.4) is 0 Å². The highest BCUT2D eigenvalue weighted by Gasteiger charge is 2.27. The number of carboxylic acid groups (broad SMARTS) is 1. The predicted octanol–water partition coefficient (Wildman–Crippen LogP) is 0.372. The summed E-state index contributed by atoms with van der Waals surface area (Å²) in [6, 6.07) is 0. The Bertz CT molecular complexity index is 581. The van der Waals surface area contributed by atoms with Crippen LogP contribution in [0.4, 0.5) is 5.00 Å². The molecule has 0 aromatic carbocycles. The second-order valence-electron chi connectivity index (χ2n) is 4.65. The van der Waals surface area contributed by atoms with Crippen molar-refractivity contribution in [1.82, 2.24) is 5.32 Å². The van der Waals surface area contributed by atoms with Gasteiger partial charge >= 0.3 is 17.8 Å². The number of thiophene rings is 1. The van der Waals surface area contributed by atoms with Crippen LogP contribution in [0.15, 0.2) is 0 Å². The van der Waals surface area contributed by atoms with E-state index in [-0.39, 0.29) is 23.7 Å². The highest BCUT2D eigenvalue weighted by atomic mass is 32.1. The third-order valence-corrected chi connectivity index (χ3v) is 4.42. The smallest absolute Gasteiger partial charge is 0.339 e. The molecule has 1 heterocycles. The number of carbonyl (C=O) groups is 3. The van der Waals surface area contributed by atoms with Crippen LogP contribution in [0.25, 0.3) is 0 Å². The van der Waals surface area contributed by atoms with Gasteiger partial charge in [-0.1, -0.05) is 0 Å². The Morgan fingerprint density at radius 1 is 1.14 bits per heavy atom. The fourth-order valence-electron chi connectivity index (χ4n) is 2.29. The zero-order valence-corrected chi connectivity index (χ0v) is 12.1. The number of anilines is 1. The van der Waals surface area contributed by atoms with Crippen LogP contribution < -0.4 is 10.6 Å². The van der Waals surface area contributed by atoms with Crippen molar-refractivity contribution in [1.29, 1.82) is 0 Å². The van der Waals surface area contributed by atoms with Crippen molar-refractivity contribution in [2.75, 3.05) is 18.5 Å². The second-order valence-corrected chi connectivity index (χ2v) is 5.76. The Morgan fingerprint density at radius 3 is 2.52 bits per heavy atom. The minimum Gasteiger partial charge on any atom is -0.478 e. The molecule has 0 fully saturated rings. The maximum absolute atomic E-state index is 11.7. The van der Waals surface area contributed by atoms with Crippen molar-refractivity contribution in [3.63, 3.8) is 0 Å². The molecular formula is C13H16N2O5S. The quantitative estimate of drug-likeness (QED) is 0.600. The first kappa shape index (κ1) is 15.5. The number of hydrogen-bond acceptors (Lipinski definition) is 5. The monoisotopic (exact) mass is 312 g/mol. The lowest BCUT2D eigenvalue weighted by molar-refractivity contribution is -0.136. The third kappa shape index (κ3) is 3.40. The molecule has 1 aromatic heterocycles. The minimum absolute atomic E-state index is 0.0288. The van der Waals surface area contributed by atoms with Crippen LogP contribution in [0.1, 0.15) is 33.6 Å². The van der Waals surface area contributed by atoms with Crippen LogP contribution in [-0.4, -0.2) is 41.1 Å². The summed E-state index contributed by atoms with van der Waals surface area (Å²) in [5.74, 6) is -2.92. The van der Waals surface area contributed by atoms with Crippen molar-refractivity contribution in [2.24, 2.45) is 0 Å². The van der Waals surface area contributed by atoms with Gasteiger partial charge in [-0.2, -0.15) is 0 Å². The molecular weight excluding hydrogens is 296 g/mol. The normalized spacial score (nSPS) is 13.4. The lowest BCUT2D eigenvalue weighted by Crippen LogP contribution is -2.36. The molecule has 8 heteroatoms. The molecule has 114 valence electrons. The van der Waals surface area contributed by atoms with Crippen molar-refractivity contribution in [3.8, 4) is 0 Å². The first-order valence-corrected chi connectivity index (χ1v) is 7.44. The van der Waals surface area contributed by atoms with Crippen molar-refractivity contribution >= 4 is 34.1 Å². The van der Waals surface area contributed by atoms with E-state index in [9.17, 15) is 19.5 Å². The van der Waals surface area contributed by atoms with E-state index in [1.165, 1.54) is 11.3 Å². The van der Waals surface area contributed by atoms with Gasteiger partial charge in [0.15, 0.2) is 0 Å². The van der Waals surface area contributed by atoms with Gasteiger partial charge in [-0.15, -0.1) is 11.3 Å². The summed E-state index contributed by atoms with van der Waals surface area (Å²) in [5.41, 5.74) is 0.864. The molecule has 1 aliphatic carbocycles. The lowest BCUT2D eigenvalue weighted by atomic mass is 9.95. The molecule has 1 aliphatic rings. The molecule has 7 nitrogen and oxygen atoms in total. The molecule has 4 N–H and O–H groups in total. The number of rotatable bonds is 4. The van der Waals surface area contributed by atoms with Crippen LogP contribution in [0.2, 0.25) is 0 Å². The summed E-state index contributed by atoms with van der Waals surface area (Å²) < 4.78 is 0. The molecule has 1 aromatic rings. The summed E-state index contributed by atoms with van der Waals surface area (Å²) >= 11 is 1.22. The number of fused-ring (bicyclic) bond motifs is 1. The molecule has 0 aliphatic heterocycles. The fraction of sp³-hybridized carbons (Fsp3) is 0.462. The Kier molecular flexibility index (Phi) is 4.92. The second kappa shape index (κ2) is 6.68. The molecule has 0 radical (unpaired) electrons. The van der Waals surface area contributed by atoms with Crippen LogP contribution >= 0.6 is 11.3 Å². The van der Waals surface area contributed by atoms with E-state index in [0.717, 1.165) is 29.7 Å². The lowest BCUT2D eigenvalue weighted by Gasteiger charge is -2.10. The average molecular weight is 312 g/mol. The third-order valence-electron chi connectivity index (χ3n) is 3.22. The van der Waals surface area contributed by atoms with Crippen molar-refractivity contribution in [3.05, 3.63) is 16.0 Å². The van der Waals surface area contributed by atoms with E-state index in [1.54, 1.807) is 0 Å². The molecule has 0 bridgehead atoms. The molecule has 2 rings (SSSR count). The summed E-state index contributed by atoms with van der Waals surface area (Å²) in [4.78, 5) is 35.5. The Labute approximate surface area is 125 Å². The zero-order chi connectivity index (χ0) is 15.4. The number of aryl methyl sites for hydroxylation is 1. The average Bonchev–Trinajstić information content (AvgIpc) is 2.82. The number of aliphatic hydroxyl groups is 1. The van der Waals surface area contributed by atoms with Crippen molar-refractivity contribution < 1.29 is 24.6 Å². The van der Waals surface area contributed by atoms with E-state index in [2.05, 4.69) is 10.6 Å². The number of carboxylic acids is 1. The van der Waals surface area contributed by atoms with Gasteiger partial charge in [-0.05, 0) is 31.2 Å². The Morgan fingerprint density at radius 2 is 1.86 bits per heavy atom. The van der Waals surface area contributed by atoms with E-state index in [4.69, 9.17) is 5.11 Å². The summed E-state index contributed by atoms with van der Waals surface area (Å²) in [5, 5.41) is 22.7. The summed E-state index contributed by atoms with van der Waals surface area (Å²) in [7, 11) is 0. The van der Waals surface area contributed by atoms with Gasteiger partial charge in [0.2, 0.25) is 0 Å². The molecule has 0 atom stereocenters. The first-order chi connectivity index (χ1) is 10.0. The number of carbonyl (C=O) groups excluding carboxylic acids is 2. The molecule has 0 unspecified atom stereocenters. The van der Waals surface area contributed by atoms with Gasteiger partial charge in [0.05, 0.1) is 12.2 Å². The largest absolute Gasteiger partial charge is 0.478 e. The minimum atomic E-state index is -1.10. The van der Waals surface area contributed by atoms with Crippen LogP contribution in [0, 0.1) is 0 Å². The molecule has 0 saturated heterocycles. The number of aliphatic hydroxyl groups excluding tert-OH is 1. The molecule has 2 amide bonds. The molecule has 0 saturated carbocycles. The highest BCUT2D eigenvalue weighted by Crippen LogP contribution is 2.38. The van der Waals surface area contributed by atoms with Gasteiger partial charge in [-0.25, -0.2) is 4.79 Å². The Hall–Kier alpha value is -1.93. The SMILES string of the molecule is O=C(NCCO)C(=O)Nc1sc2c(c1C(=O)O)CCCC2. The van der Waals surface area contributed by atoms with Crippen LogP contribution in [-0.2, 0) is 22.4 Å². The Balaban J connectivity index is 2.20. The van der Waals surface area contributed by atoms with E-state index in [0.29, 0.717) is 6.42 Å².